The minimum absolute atomic E-state index is 0.0565. The van der Waals surface area contributed by atoms with Gasteiger partial charge in [-0.05, 0) is 24.3 Å². The molecule has 6 heteroatoms. The van der Waals surface area contributed by atoms with E-state index < -0.39 is 5.97 Å². The van der Waals surface area contributed by atoms with Gasteiger partial charge in [-0.15, -0.1) is 0 Å². The van der Waals surface area contributed by atoms with Crippen molar-refractivity contribution in [1.82, 2.24) is 4.98 Å². The standard InChI is InChI=1S/C14H12ClNO4/c1-19-12-3-2-10(15)6-9(12)8-20-13-7-16-5-4-11(13)14(17)18/h2-7H,8H2,1H3,(H,17,18). The molecule has 1 aromatic carbocycles. The number of pyridine rings is 1. The van der Waals surface area contributed by atoms with Crippen molar-refractivity contribution in [2.75, 3.05) is 7.11 Å². The summed E-state index contributed by atoms with van der Waals surface area (Å²) < 4.78 is 10.7. The van der Waals surface area contributed by atoms with E-state index >= 15 is 0 Å². The maximum absolute atomic E-state index is 11.1. The summed E-state index contributed by atoms with van der Waals surface area (Å²) in [5.41, 5.74) is 0.779. The molecule has 1 heterocycles. The zero-order chi connectivity index (χ0) is 14.5. The van der Waals surface area contributed by atoms with Crippen molar-refractivity contribution in [1.29, 1.82) is 0 Å². The summed E-state index contributed by atoms with van der Waals surface area (Å²) in [5, 5.41) is 9.60. The summed E-state index contributed by atoms with van der Waals surface area (Å²) in [6.45, 7) is 0.135. The molecule has 0 saturated carbocycles. The van der Waals surface area contributed by atoms with E-state index in [0.29, 0.717) is 10.8 Å². The topological polar surface area (TPSA) is 68.7 Å². The van der Waals surface area contributed by atoms with Gasteiger partial charge < -0.3 is 14.6 Å². The summed E-state index contributed by atoms with van der Waals surface area (Å²) in [7, 11) is 1.54. The van der Waals surface area contributed by atoms with E-state index in [1.807, 2.05) is 0 Å². The van der Waals surface area contributed by atoms with Gasteiger partial charge in [0.1, 0.15) is 17.9 Å². The molecule has 20 heavy (non-hydrogen) atoms. The molecule has 0 spiro atoms. The molecule has 0 aliphatic carbocycles. The fourth-order valence-corrected chi connectivity index (χ4v) is 1.88. The van der Waals surface area contributed by atoms with Crippen LogP contribution in [-0.2, 0) is 6.61 Å². The lowest BCUT2D eigenvalue weighted by Crippen LogP contribution is -2.04. The van der Waals surface area contributed by atoms with E-state index in [1.54, 1.807) is 25.3 Å². The van der Waals surface area contributed by atoms with Crippen LogP contribution >= 0.6 is 11.6 Å². The second-order valence-electron chi connectivity index (χ2n) is 3.92. The van der Waals surface area contributed by atoms with E-state index in [2.05, 4.69) is 4.98 Å². The van der Waals surface area contributed by atoms with Gasteiger partial charge in [-0.2, -0.15) is 0 Å². The van der Waals surface area contributed by atoms with Gasteiger partial charge in [0.15, 0.2) is 5.75 Å². The number of methoxy groups -OCH3 is 1. The number of ether oxygens (including phenoxy) is 2. The zero-order valence-electron chi connectivity index (χ0n) is 10.7. The maximum Gasteiger partial charge on any atom is 0.339 e. The molecule has 0 saturated heterocycles. The molecule has 2 rings (SSSR count). The van der Waals surface area contributed by atoms with E-state index in [9.17, 15) is 4.79 Å². The molecule has 5 nitrogen and oxygen atoms in total. The van der Waals surface area contributed by atoms with Gasteiger partial charge in [-0.3, -0.25) is 4.98 Å². The van der Waals surface area contributed by atoms with E-state index in [1.165, 1.54) is 18.5 Å². The summed E-state index contributed by atoms with van der Waals surface area (Å²) in [6, 6.07) is 6.52. The van der Waals surface area contributed by atoms with Gasteiger partial charge >= 0.3 is 5.97 Å². The van der Waals surface area contributed by atoms with Crippen LogP contribution in [0.5, 0.6) is 11.5 Å². The van der Waals surface area contributed by atoms with Crippen LogP contribution in [0.25, 0.3) is 0 Å². The Kier molecular flexibility index (Phi) is 4.42. The van der Waals surface area contributed by atoms with Crippen LogP contribution in [0.4, 0.5) is 0 Å². The summed E-state index contributed by atoms with van der Waals surface area (Å²) in [5.74, 6) is -0.252. The third kappa shape index (κ3) is 3.19. The number of hydrogen-bond acceptors (Lipinski definition) is 4. The van der Waals surface area contributed by atoms with Gasteiger partial charge in [-0.25, -0.2) is 4.79 Å². The lowest BCUT2D eigenvalue weighted by Gasteiger charge is -2.11. The fraction of sp³-hybridized carbons (Fsp3) is 0.143. The van der Waals surface area contributed by atoms with Crippen LogP contribution < -0.4 is 9.47 Å². The lowest BCUT2D eigenvalue weighted by molar-refractivity contribution is 0.0691. The van der Waals surface area contributed by atoms with Crippen LogP contribution in [0.3, 0.4) is 0 Å². The van der Waals surface area contributed by atoms with Crippen molar-refractivity contribution in [3.05, 3.63) is 52.8 Å². The first-order valence-corrected chi connectivity index (χ1v) is 6.12. The maximum atomic E-state index is 11.1. The monoisotopic (exact) mass is 293 g/mol. The van der Waals surface area contributed by atoms with Crippen molar-refractivity contribution in [3.63, 3.8) is 0 Å². The number of aromatic nitrogens is 1. The molecule has 0 atom stereocenters. The highest BCUT2D eigenvalue weighted by Gasteiger charge is 2.12. The Morgan fingerprint density at radius 1 is 1.35 bits per heavy atom. The Hall–Kier alpha value is -2.27. The molecule has 1 aromatic heterocycles. The zero-order valence-corrected chi connectivity index (χ0v) is 11.4. The SMILES string of the molecule is COc1ccc(Cl)cc1COc1cnccc1C(=O)O. The van der Waals surface area contributed by atoms with E-state index in [0.717, 1.165) is 5.56 Å². The second-order valence-corrected chi connectivity index (χ2v) is 4.36. The molecular formula is C14H12ClNO4. The fourth-order valence-electron chi connectivity index (χ4n) is 1.69. The number of carboxylic acids is 1. The van der Waals surface area contributed by atoms with E-state index in [4.69, 9.17) is 26.2 Å². The average Bonchev–Trinajstić information content (AvgIpc) is 2.45. The molecule has 0 amide bonds. The molecule has 2 aromatic rings. The summed E-state index contributed by atoms with van der Waals surface area (Å²) in [6.07, 6.45) is 2.76. The number of halogens is 1. The number of benzene rings is 1. The smallest absolute Gasteiger partial charge is 0.339 e. The summed E-state index contributed by atoms with van der Waals surface area (Å²) in [4.78, 5) is 14.9. The number of aromatic carboxylic acids is 1. The Balaban J connectivity index is 2.21. The van der Waals surface area contributed by atoms with Crippen molar-refractivity contribution >= 4 is 17.6 Å². The highest BCUT2D eigenvalue weighted by atomic mass is 35.5. The third-order valence-electron chi connectivity index (χ3n) is 2.64. The van der Waals surface area contributed by atoms with Crippen LogP contribution in [-0.4, -0.2) is 23.2 Å². The molecule has 1 N–H and O–H groups in total. The van der Waals surface area contributed by atoms with Gasteiger partial charge in [0.2, 0.25) is 0 Å². The predicted octanol–water partition coefficient (Wildman–Crippen LogP) is 3.02. The van der Waals surface area contributed by atoms with Crippen LogP contribution in [0.1, 0.15) is 15.9 Å². The Bertz CT molecular complexity index is 630. The number of carbonyl (C=O) groups is 1. The average molecular weight is 294 g/mol. The highest BCUT2D eigenvalue weighted by molar-refractivity contribution is 6.30. The molecule has 0 unspecified atom stereocenters. The number of rotatable bonds is 5. The first-order chi connectivity index (χ1) is 9.61. The van der Waals surface area contributed by atoms with Crippen molar-refractivity contribution < 1.29 is 19.4 Å². The lowest BCUT2D eigenvalue weighted by atomic mass is 10.2. The van der Waals surface area contributed by atoms with Gasteiger partial charge in [-0.1, -0.05) is 11.6 Å². The minimum atomic E-state index is -1.07. The Morgan fingerprint density at radius 3 is 2.85 bits per heavy atom. The van der Waals surface area contributed by atoms with Crippen LogP contribution in [0.15, 0.2) is 36.7 Å². The summed E-state index contributed by atoms with van der Waals surface area (Å²) >= 11 is 5.92. The molecule has 0 aliphatic rings. The van der Waals surface area contributed by atoms with E-state index in [-0.39, 0.29) is 17.9 Å². The quantitative estimate of drug-likeness (QED) is 0.917. The second kappa shape index (κ2) is 6.25. The van der Waals surface area contributed by atoms with Gasteiger partial charge in [0.05, 0.1) is 13.3 Å². The Morgan fingerprint density at radius 2 is 2.15 bits per heavy atom. The number of hydrogen-bond donors (Lipinski definition) is 1. The van der Waals surface area contributed by atoms with Gasteiger partial charge in [0.25, 0.3) is 0 Å². The largest absolute Gasteiger partial charge is 0.496 e. The molecule has 0 bridgehead atoms. The molecule has 0 aliphatic heterocycles. The first kappa shape index (κ1) is 14.1. The molecule has 104 valence electrons. The van der Waals surface area contributed by atoms with Crippen LogP contribution in [0.2, 0.25) is 5.02 Å². The Labute approximate surface area is 120 Å². The molecule has 0 radical (unpaired) electrons. The third-order valence-corrected chi connectivity index (χ3v) is 2.88. The first-order valence-electron chi connectivity index (χ1n) is 5.74. The minimum Gasteiger partial charge on any atom is -0.496 e. The predicted molar refractivity (Wildman–Crippen MR) is 73.5 cm³/mol. The highest BCUT2D eigenvalue weighted by Crippen LogP contribution is 2.25. The molecular weight excluding hydrogens is 282 g/mol. The normalized spacial score (nSPS) is 10.1. The van der Waals surface area contributed by atoms with Crippen molar-refractivity contribution in [2.24, 2.45) is 0 Å². The van der Waals surface area contributed by atoms with Crippen LogP contribution in [0, 0.1) is 0 Å². The van der Waals surface area contributed by atoms with Crippen molar-refractivity contribution in [2.45, 2.75) is 6.61 Å². The number of carboxylic acid groups (broad SMARTS) is 1. The number of nitrogens with zero attached hydrogens (tertiary/aromatic N) is 1. The molecule has 0 fully saturated rings. The van der Waals surface area contributed by atoms with Crippen molar-refractivity contribution in [3.8, 4) is 11.5 Å². The van der Waals surface area contributed by atoms with Gasteiger partial charge in [0, 0.05) is 16.8 Å².